The number of anilines is 1. The van der Waals surface area contributed by atoms with Crippen LogP contribution < -0.4 is 10.2 Å². The lowest BCUT2D eigenvalue weighted by atomic mass is 10.0. The quantitative estimate of drug-likeness (QED) is 0.788. The van der Waals surface area contributed by atoms with Gasteiger partial charge in [0.1, 0.15) is 0 Å². The molecule has 0 bridgehead atoms. The van der Waals surface area contributed by atoms with Gasteiger partial charge in [-0.2, -0.15) is 0 Å². The van der Waals surface area contributed by atoms with Crippen molar-refractivity contribution in [1.82, 2.24) is 20.2 Å². The van der Waals surface area contributed by atoms with E-state index < -0.39 is 0 Å². The van der Waals surface area contributed by atoms with Crippen LogP contribution in [0.5, 0.6) is 0 Å². The molecule has 0 aromatic carbocycles. The Balaban J connectivity index is 1.61. The molecule has 1 N–H and O–H groups in total. The van der Waals surface area contributed by atoms with Crippen LogP contribution in [0.2, 0.25) is 5.02 Å². The molecule has 0 spiro atoms. The minimum atomic E-state index is -0.195. The normalized spacial score (nSPS) is 21.2. The summed E-state index contributed by atoms with van der Waals surface area (Å²) in [6, 6.07) is 0.415. The van der Waals surface area contributed by atoms with E-state index in [0.29, 0.717) is 29.3 Å². The fraction of sp³-hybridized carbons (Fsp3) is 0.737. The molecule has 1 atom stereocenters. The molecule has 26 heavy (non-hydrogen) atoms. The summed E-state index contributed by atoms with van der Waals surface area (Å²) in [6.45, 7) is 7.00. The predicted molar refractivity (Wildman–Crippen MR) is 105 cm³/mol. The van der Waals surface area contributed by atoms with Gasteiger partial charge in [0.25, 0.3) is 5.91 Å². The Bertz CT molecular complexity index is 606. The lowest BCUT2D eigenvalue weighted by Crippen LogP contribution is -2.47. The maximum atomic E-state index is 12.7. The Morgan fingerprint density at radius 3 is 2.81 bits per heavy atom. The predicted octanol–water partition coefficient (Wildman–Crippen LogP) is 3.11. The summed E-state index contributed by atoms with van der Waals surface area (Å²) in [4.78, 5) is 26.0. The second-order valence-corrected chi connectivity index (χ2v) is 7.72. The van der Waals surface area contributed by atoms with Gasteiger partial charge < -0.3 is 10.2 Å². The lowest BCUT2D eigenvalue weighted by molar-refractivity contribution is 0.0908. The fourth-order valence-electron chi connectivity index (χ4n) is 3.83. The van der Waals surface area contributed by atoms with Crippen molar-refractivity contribution >= 4 is 23.5 Å². The first kappa shape index (κ1) is 19.4. The van der Waals surface area contributed by atoms with E-state index in [2.05, 4.69) is 32.0 Å². The average molecular weight is 380 g/mol. The number of hydrogen-bond acceptors (Lipinski definition) is 5. The van der Waals surface area contributed by atoms with Crippen LogP contribution in [0.1, 0.15) is 62.4 Å². The zero-order chi connectivity index (χ0) is 18.4. The highest BCUT2D eigenvalue weighted by molar-refractivity contribution is 6.33. The number of amides is 1. The number of likely N-dealkylation sites (tertiary alicyclic amines) is 1. The molecule has 7 heteroatoms. The van der Waals surface area contributed by atoms with Gasteiger partial charge in [0, 0.05) is 25.7 Å². The lowest BCUT2D eigenvalue weighted by Gasteiger charge is -2.35. The van der Waals surface area contributed by atoms with Crippen LogP contribution in [0.4, 0.5) is 5.95 Å². The van der Waals surface area contributed by atoms with Crippen LogP contribution in [0.3, 0.4) is 0 Å². The number of nitrogens with one attached hydrogen (secondary N) is 1. The first-order valence-corrected chi connectivity index (χ1v) is 10.4. The second-order valence-electron chi connectivity index (χ2n) is 7.31. The van der Waals surface area contributed by atoms with Crippen LogP contribution in [-0.4, -0.2) is 59.5 Å². The van der Waals surface area contributed by atoms with Crippen LogP contribution in [0, 0.1) is 0 Å². The van der Waals surface area contributed by atoms with Crippen LogP contribution in [0.15, 0.2) is 6.20 Å². The molecule has 2 aliphatic rings. The number of unbranched alkanes of at least 4 members (excludes halogenated alkanes) is 1. The van der Waals surface area contributed by atoms with Gasteiger partial charge in [0.05, 0.1) is 11.2 Å². The SMILES string of the molecule is CCCCN1CCCCC1CNC(=O)c1nc(N2CCCC2)ncc1Cl. The van der Waals surface area contributed by atoms with Gasteiger partial charge in [-0.15, -0.1) is 0 Å². The Morgan fingerprint density at radius 2 is 2.04 bits per heavy atom. The molecule has 1 aromatic rings. The maximum Gasteiger partial charge on any atom is 0.271 e. The number of carbonyl (C=O) groups is 1. The van der Waals surface area contributed by atoms with Crippen molar-refractivity contribution in [3.8, 4) is 0 Å². The number of hydrogen-bond donors (Lipinski definition) is 1. The van der Waals surface area contributed by atoms with E-state index in [4.69, 9.17) is 11.6 Å². The summed E-state index contributed by atoms with van der Waals surface area (Å²) in [5.74, 6) is 0.415. The summed E-state index contributed by atoms with van der Waals surface area (Å²) in [7, 11) is 0. The van der Waals surface area contributed by atoms with E-state index in [-0.39, 0.29) is 5.91 Å². The Kier molecular flexibility index (Phi) is 7.08. The van der Waals surface area contributed by atoms with Crippen molar-refractivity contribution in [1.29, 1.82) is 0 Å². The monoisotopic (exact) mass is 379 g/mol. The molecule has 1 aromatic heterocycles. The number of halogens is 1. The summed E-state index contributed by atoms with van der Waals surface area (Å²) in [6.07, 6.45) is 9.87. The van der Waals surface area contributed by atoms with Crippen molar-refractivity contribution < 1.29 is 4.79 Å². The van der Waals surface area contributed by atoms with E-state index in [9.17, 15) is 4.79 Å². The van der Waals surface area contributed by atoms with Gasteiger partial charge in [-0.25, -0.2) is 9.97 Å². The van der Waals surface area contributed by atoms with Gasteiger partial charge in [-0.05, 0) is 45.2 Å². The molecular weight excluding hydrogens is 350 g/mol. The molecule has 6 nitrogen and oxygen atoms in total. The standard InChI is InChI=1S/C19H30ClN5O/c1-2-3-9-24-10-5-4-8-15(24)13-21-18(26)17-16(20)14-22-19(23-17)25-11-6-7-12-25/h14-15H,2-13H2,1H3,(H,21,26). The van der Waals surface area contributed by atoms with Gasteiger partial charge in [0.2, 0.25) is 5.95 Å². The molecule has 0 saturated carbocycles. The van der Waals surface area contributed by atoms with Crippen LogP contribution in [0.25, 0.3) is 0 Å². The molecule has 3 rings (SSSR count). The van der Waals surface area contributed by atoms with Gasteiger partial charge in [-0.1, -0.05) is 31.4 Å². The minimum Gasteiger partial charge on any atom is -0.349 e. The Labute approximate surface area is 161 Å². The Morgan fingerprint density at radius 1 is 1.27 bits per heavy atom. The zero-order valence-corrected chi connectivity index (χ0v) is 16.5. The maximum absolute atomic E-state index is 12.7. The summed E-state index contributed by atoms with van der Waals surface area (Å²) in [5, 5.41) is 3.38. The molecular formula is C19H30ClN5O. The number of carbonyl (C=O) groups excluding carboxylic acids is 1. The smallest absolute Gasteiger partial charge is 0.271 e. The van der Waals surface area contributed by atoms with E-state index in [1.165, 1.54) is 25.7 Å². The van der Waals surface area contributed by atoms with E-state index >= 15 is 0 Å². The van der Waals surface area contributed by atoms with E-state index in [1.54, 1.807) is 6.20 Å². The van der Waals surface area contributed by atoms with Crippen LogP contribution >= 0.6 is 11.6 Å². The number of nitrogens with zero attached hydrogens (tertiary/aromatic N) is 4. The molecule has 1 amide bonds. The first-order valence-electron chi connectivity index (χ1n) is 9.98. The van der Waals surface area contributed by atoms with E-state index in [0.717, 1.165) is 45.4 Å². The minimum absolute atomic E-state index is 0.195. The third-order valence-electron chi connectivity index (χ3n) is 5.38. The molecule has 2 saturated heterocycles. The number of piperidine rings is 1. The topological polar surface area (TPSA) is 61.4 Å². The van der Waals surface area contributed by atoms with Crippen molar-refractivity contribution in [2.45, 2.75) is 57.9 Å². The molecule has 144 valence electrons. The summed E-state index contributed by atoms with van der Waals surface area (Å²) >= 11 is 6.20. The number of rotatable bonds is 7. The number of aromatic nitrogens is 2. The molecule has 3 heterocycles. The highest BCUT2D eigenvalue weighted by Gasteiger charge is 2.24. The molecule has 2 aliphatic heterocycles. The second kappa shape index (κ2) is 9.51. The van der Waals surface area contributed by atoms with Crippen LogP contribution in [-0.2, 0) is 0 Å². The third kappa shape index (κ3) is 4.86. The molecule has 0 radical (unpaired) electrons. The van der Waals surface area contributed by atoms with Crippen molar-refractivity contribution in [3.63, 3.8) is 0 Å². The highest BCUT2D eigenvalue weighted by Crippen LogP contribution is 2.20. The van der Waals surface area contributed by atoms with E-state index in [1.807, 2.05) is 0 Å². The van der Waals surface area contributed by atoms with Gasteiger partial charge >= 0.3 is 0 Å². The molecule has 2 fully saturated rings. The van der Waals surface area contributed by atoms with Crippen molar-refractivity contribution in [2.24, 2.45) is 0 Å². The Hall–Kier alpha value is -1.40. The summed E-state index contributed by atoms with van der Waals surface area (Å²) in [5.41, 5.74) is 0.291. The molecule has 1 unspecified atom stereocenters. The average Bonchev–Trinajstić information content (AvgIpc) is 3.20. The third-order valence-corrected chi connectivity index (χ3v) is 5.66. The van der Waals surface area contributed by atoms with Crippen molar-refractivity contribution in [3.05, 3.63) is 16.9 Å². The highest BCUT2D eigenvalue weighted by atomic mass is 35.5. The van der Waals surface area contributed by atoms with Crippen molar-refractivity contribution in [2.75, 3.05) is 37.6 Å². The van der Waals surface area contributed by atoms with Gasteiger partial charge in [0.15, 0.2) is 5.69 Å². The molecule has 0 aliphatic carbocycles. The zero-order valence-electron chi connectivity index (χ0n) is 15.7. The largest absolute Gasteiger partial charge is 0.349 e. The summed E-state index contributed by atoms with van der Waals surface area (Å²) < 4.78 is 0. The fourth-order valence-corrected chi connectivity index (χ4v) is 4.00. The van der Waals surface area contributed by atoms with Gasteiger partial charge in [-0.3, -0.25) is 9.69 Å². The first-order chi connectivity index (χ1) is 12.7.